The van der Waals surface area contributed by atoms with E-state index in [-0.39, 0.29) is 18.0 Å². The molecule has 7 heteroatoms. The van der Waals surface area contributed by atoms with E-state index in [2.05, 4.69) is 15.4 Å². The van der Waals surface area contributed by atoms with Crippen LogP contribution in [-0.2, 0) is 4.74 Å². The number of nitrogens with two attached hydrogens (primary N) is 1. The number of nitrogens with one attached hydrogen (secondary N) is 1. The van der Waals surface area contributed by atoms with E-state index in [1.807, 2.05) is 0 Å². The van der Waals surface area contributed by atoms with Gasteiger partial charge in [0.1, 0.15) is 5.69 Å². The normalized spacial score (nSPS) is 12.8. The van der Waals surface area contributed by atoms with Crippen LogP contribution in [0.5, 0.6) is 0 Å². The Bertz CT molecular complexity index is 298. The second-order valence-corrected chi connectivity index (χ2v) is 2.42. The first-order valence-electron chi connectivity index (χ1n) is 3.55. The minimum absolute atomic E-state index is 0.162. The lowest BCUT2D eigenvalue weighted by molar-refractivity contribution is 0.0687. The van der Waals surface area contributed by atoms with Gasteiger partial charge in [0.25, 0.3) is 0 Å². The number of nitrogens with zero attached hydrogens (tertiary/aromatic N) is 2. The summed E-state index contributed by atoms with van der Waals surface area (Å²) in [4.78, 5) is 10.6. The summed E-state index contributed by atoms with van der Waals surface area (Å²) in [7, 11) is 1.47. The highest BCUT2D eigenvalue weighted by atomic mass is 16.5. The highest BCUT2D eigenvalue weighted by molar-refractivity contribution is 5.86. The lowest BCUT2D eigenvalue weighted by Gasteiger charge is -2.06. The monoisotopic (exact) mass is 186 g/mol. The van der Waals surface area contributed by atoms with Crippen LogP contribution in [-0.4, -0.2) is 40.2 Å². The molecule has 1 aromatic heterocycles. The molecule has 0 saturated heterocycles. The number of aromatic amines is 1. The van der Waals surface area contributed by atoms with Crippen molar-refractivity contribution in [3.63, 3.8) is 0 Å². The highest BCUT2D eigenvalue weighted by Crippen LogP contribution is 2.10. The number of H-pyrrole nitrogens is 1. The Morgan fingerprint density at radius 1 is 1.77 bits per heavy atom. The van der Waals surface area contributed by atoms with Crippen LogP contribution >= 0.6 is 0 Å². The molecule has 1 rings (SSSR count). The van der Waals surface area contributed by atoms with Crippen LogP contribution in [0.15, 0.2) is 0 Å². The smallest absolute Gasteiger partial charge is 0.358 e. The van der Waals surface area contributed by atoms with Crippen molar-refractivity contribution >= 4 is 5.97 Å². The minimum atomic E-state index is -1.16. The molecule has 72 valence electrons. The number of hydrogen-bond donors (Lipinski definition) is 3. The van der Waals surface area contributed by atoms with E-state index in [9.17, 15) is 4.79 Å². The Morgan fingerprint density at radius 2 is 2.46 bits per heavy atom. The predicted molar refractivity (Wildman–Crippen MR) is 42.1 cm³/mol. The number of hydrogen-bond acceptors (Lipinski definition) is 5. The summed E-state index contributed by atoms with van der Waals surface area (Å²) < 4.78 is 4.76. The van der Waals surface area contributed by atoms with Gasteiger partial charge in [-0.25, -0.2) is 4.79 Å². The van der Waals surface area contributed by atoms with Gasteiger partial charge in [0.15, 0.2) is 5.69 Å². The fourth-order valence-corrected chi connectivity index (χ4v) is 0.913. The van der Waals surface area contributed by atoms with E-state index in [1.54, 1.807) is 0 Å². The van der Waals surface area contributed by atoms with E-state index < -0.39 is 12.0 Å². The Morgan fingerprint density at radius 3 is 3.00 bits per heavy atom. The van der Waals surface area contributed by atoms with Gasteiger partial charge >= 0.3 is 5.97 Å². The molecule has 13 heavy (non-hydrogen) atoms. The second kappa shape index (κ2) is 3.97. The Hall–Kier alpha value is -1.47. The first-order chi connectivity index (χ1) is 6.16. The molecule has 4 N–H and O–H groups in total. The van der Waals surface area contributed by atoms with Crippen LogP contribution in [0.1, 0.15) is 22.2 Å². The van der Waals surface area contributed by atoms with Crippen molar-refractivity contribution in [2.45, 2.75) is 6.04 Å². The standard InChI is InChI=1S/C6H10N4O3/c1-13-2-3(7)4-5(6(11)12)9-10-8-4/h3H,2,7H2,1H3,(H,11,12)(H,8,9,10). The average molecular weight is 186 g/mol. The van der Waals surface area contributed by atoms with E-state index in [0.717, 1.165) is 0 Å². The van der Waals surface area contributed by atoms with Gasteiger partial charge in [-0.3, -0.25) is 0 Å². The third-order valence-electron chi connectivity index (χ3n) is 1.47. The fourth-order valence-electron chi connectivity index (χ4n) is 0.913. The van der Waals surface area contributed by atoms with Gasteiger partial charge in [-0.05, 0) is 0 Å². The largest absolute Gasteiger partial charge is 0.476 e. The van der Waals surface area contributed by atoms with Gasteiger partial charge in [0.05, 0.1) is 12.6 Å². The zero-order valence-corrected chi connectivity index (χ0v) is 7.02. The van der Waals surface area contributed by atoms with Crippen LogP contribution < -0.4 is 5.73 Å². The minimum Gasteiger partial charge on any atom is -0.476 e. The molecule has 0 saturated carbocycles. The maximum atomic E-state index is 10.6. The molecule has 0 aromatic carbocycles. The fraction of sp³-hybridized carbons (Fsp3) is 0.500. The quantitative estimate of drug-likeness (QED) is 0.564. The molecule has 0 amide bonds. The molecule has 0 aliphatic heterocycles. The lowest BCUT2D eigenvalue weighted by atomic mass is 10.2. The molecule has 0 aliphatic carbocycles. The van der Waals surface area contributed by atoms with Crippen molar-refractivity contribution in [1.29, 1.82) is 0 Å². The maximum absolute atomic E-state index is 10.6. The van der Waals surface area contributed by atoms with Gasteiger partial charge in [-0.1, -0.05) is 0 Å². The highest BCUT2D eigenvalue weighted by Gasteiger charge is 2.20. The summed E-state index contributed by atoms with van der Waals surface area (Å²) in [5.74, 6) is -1.16. The molecule has 1 aromatic rings. The number of aromatic nitrogens is 3. The zero-order chi connectivity index (χ0) is 9.84. The summed E-state index contributed by atoms with van der Waals surface area (Å²) in [6, 6.07) is -0.574. The molecular formula is C6H10N4O3. The Labute approximate surface area is 73.9 Å². The van der Waals surface area contributed by atoms with E-state index in [0.29, 0.717) is 0 Å². The number of aromatic carboxylic acids is 1. The molecule has 1 heterocycles. The number of carbonyl (C=O) groups is 1. The average Bonchev–Trinajstić information content (AvgIpc) is 2.52. The number of rotatable bonds is 4. The predicted octanol–water partition coefficient (Wildman–Crippen LogP) is -0.851. The summed E-state index contributed by atoms with van der Waals surface area (Å²) >= 11 is 0. The van der Waals surface area contributed by atoms with Gasteiger partial charge in [-0.15, -0.1) is 5.10 Å². The van der Waals surface area contributed by atoms with Crippen LogP contribution in [0.3, 0.4) is 0 Å². The first-order valence-corrected chi connectivity index (χ1v) is 3.55. The molecule has 0 fully saturated rings. The molecule has 0 spiro atoms. The third-order valence-corrected chi connectivity index (χ3v) is 1.47. The summed E-state index contributed by atoms with van der Waals surface area (Å²) in [6.45, 7) is 0.201. The molecule has 1 atom stereocenters. The topological polar surface area (TPSA) is 114 Å². The van der Waals surface area contributed by atoms with Crippen molar-refractivity contribution in [1.82, 2.24) is 15.4 Å². The number of carboxylic acid groups (broad SMARTS) is 1. The molecular weight excluding hydrogens is 176 g/mol. The van der Waals surface area contributed by atoms with Crippen molar-refractivity contribution in [3.05, 3.63) is 11.4 Å². The molecule has 1 unspecified atom stereocenters. The van der Waals surface area contributed by atoms with Gasteiger partial charge in [0.2, 0.25) is 0 Å². The first kappa shape index (κ1) is 9.62. The summed E-state index contributed by atoms with van der Waals surface area (Å²) in [6.07, 6.45) is 0. The number of carboxylic acids is 1. The van der Waals surface area contributed by atoms with Crippen molar-refractivity contribution in [2.24, 2.45) is 5.73 Å². The van der Waals surface area contributed by atoms with Crippen molar-refractivity contribution < 1.29 is 14.6 Å². The molecule has 0 bridgehead atoms. The lowest BCUT2D eigenvalue weighted by Crippen LogP contribution is -2.19. The maximum Gasteiger partial charge on any atom is 0.358 e. The zero-order valence-electron chi connectivity index (χ0n) is 7.02. The SMILES string of the molecule is COCC(N)c1n[nH]nc1C(=O)O. The van der Waals surface area contributed by atoms with Gasteiger partial charge < -0.3 is 15.6 Å². The number of ether oxygens (including phenoxy) is 1. The second-order valence-electron chi connectivity index (χ2n) is 2.42. The third kappa shape index (κ3) is 2.01. The van der Waals surface area contributed by atoms with E-state index >= 15 is 0 Å². The Kier molecular flexibility index (Phi) is 2.93. The summed E-state index contributed by atoms with van der Waals surface area (Å²) in [5.41, 5.74) is 5.62. The van der Waals surface area contributed by atoms with Crippen LogP contribution in [0.4, 0.5) is 0 Å². The summed E-state index contributed by atoms with van der Waals surface area (Å²) in [5, 5.41) is 17.9. The van der Waals surface area contributed by atoms with E-state index in [1.165, 1.54) is 7.11 Å². The molecule has 0 aliphatic rings. The van der Waals surface area contributed by atoms with E-state index in [4.69, 9.17) is 15.6 Å². The molecule has 7 nitrogen and oxygen atoms in total. The van der Waals surface area contributed by atoms with Crippen molar-refractivity contribution in [3.8, 4) is 0 Å². The van der Waals surface area contributed by atoms with Crippen LogP contribution in [0, 0.1) is 0 Å². The Balaban J connectivity index is 2.86. The van der Waals surface area contributed by atoms with Crippen LogP contribution in [0.25, 0.3) is 0 Å². The van der Waals surface area contributed by atoms with Crippen molar-refractivity contribution in [2.75, 3.05) is 13.7 Å². The van der Waals surface area contributed by atoms with Gasteiger partial charge in [-0.2, -0.15) is 10.3 Å². The number of methoxy groups -OCH3 is 1. The van der Waals surface area contributed by atoms with Gasteiger partial charge in [0, 0.05) is 7.11 Å². The molecule has 0 radical (unpaired) electrons. The van der Waals surface area contributed by atoms with Crippen LogP contribution in [0.2, 0.25) is 0 Å².